The molecule has 0 bridgehead atoms. The maximum Gasteiger partial charge on any atom is 0.158 e. The molecule has 3 aliphatic rings. The van der Waals surface area contributed by atoms with E-state index in [0.717, 1.165) is 44.4 Å². The molecular weight excluding hydrogens is 262 g/mol. The van der Waals surface area contributed by atoms with Crippen molar-refractivity contribution in [3.8, 4) is 0 Å². The van der Waals surface area contributed by atoms with Crippen molar-refractivity contribution in [2.45, 2.75) is 56.6 Å². The lowest BCUT2D eigenvalue weighted by molar-refractivity contribution is -0.136. The van der Waals surface area contributed by atoms with Gasteiger partial charge in [-0.25, -0.2) is 0 Å². The summed E-state index contributed by atoms with van der Waals surface area (Å²) >= 11 is 0. The number of ketones is 1. The average Bonchev–Trinajstić information content (AvgIpc) is 3.13. The van der Waals surface area contributed by atoms with E-state index in [-0.39, 0.29) is 17.6 Å². The third kappa shape index (κ3) is 2.38. The molecule has 1 aromatic carbocycles. The average molecular weight is 285 g/mol. The number of ether oxygens (including phenoxy) is 1. The summed E-state index contributed by atoms with van der Waals surface area (Å²) in [7, 11) is 0. The van der Waals surface area contributed by atoms with Gasteiger partial charge in [0.15, 0.2) is 5.78 Å². The molecule has 2 unspecified atom stereocenters. The van der Waals surface area contributed by atoms with Crippen LogP contribution in [0.4, 0.5) is 5.69 Å². The zero-order valence-corrected chi connectivity index (χ0v) is 12.4. The first kappa shape index (κ1) is 13.3. The number of anilines is 1. The number of para-hydroxylation sites is 1. The van der Waals surface area contributed by atoms with Gasteiger partial charge in [-0.05, 0) is 37.3 Å². The van der Waals surface area contributed by atoms with E-state index < -0.39 is 0 Å². The number of Topliss-reactive ketones (excluding diaryl/α,β-unsaturated/α-hetero) is 1. The Kier molecular flexibility index (Phi) is 3.26. The molecule has 0 aromatic heterocycles. The summed E-state index contributed by atoms with van der Waals surface area (Å²) < 4.78 is 6.06. The standard InChI is InChI=1S/C18H23NO2/c20-17(16-11-13-5-1-2-6-15(13)19-16)14-7-10-21-18(12-14)8-3-4-9-18/h1-2,5-6,14,16,19H,3-4,7-12H2. The minimum atomic E-state index is -0.0241. The number of carbonyl (C=O) groups is 1. The Balaban J connectivity index is 1.46. The highest BCUT2D eigenvalue weighted by Crippen LogP contribution is 2.43. The predicted octanol–water partition coefficient (Wildman–Crippen LogP) is 3.33. The van der Waals surface area contributed by atoms with Gasteiger partial charge in [0.2, 0.25) is 0 Å². The summed E-state index contributed by atoms with van der Waals surface area (Å²) in [6.45, 7) is 0.760. The van der Waals surface area contributed by atoms with Gasteiger partial charge in [0.1, 0.15) is 0 Å². The fourth-order valence-corrected chi connectivity index (χ4v) is 4.39. The molecule has 2 atom stereocenters. The van der Waals surface area contributed by atoms with Crippen LogP contribution < -0.4 is 5.32 Å². The number of benzene rings is 1. The number of fused-ring (bicyclic) bond motifs is 1. The highest BCUT2D eigenvalue weighted by atomic mass is 16.5. The first-order chi connectivity index (χ1) is 10.3. The quantitative estimate of drug-likeness (QED) is 0.905. The zero-order chi connectivity index (χ0) is 14.3. The number of carbonyl (C=O) groups excluding carboxylic acids is 1. The summed E-state index contributed by atoms with van der Waals surface area (Å²) in [5.41, 5.74) is 2.45. The molecular formula is C18H23NO2. The van der Waals surface area contributed by atoms with Crippen molar-refractivity contribution in [1.82, 2.24) is 0 Å². The van der Waals surface area contributed by atoms with Gasteiger partial charge in [-0.2, -0.15) is 0 Å². The Bertz CT molecular complexity index is 523. The summed E-state index contributed by atoms with van der Waals surface area (Å²) in [5.74, 6) is 0.587. The van der Waals surface area contributed by atoms with Crippen molar-refractivity contribution in [3.05, 3.63) is 29.8 Å². The number of hydrogen-bond acceptors (Lipinski definition) is 3. The summed E-state index contributed by atoms with van der Waals surface area (Å²) in [6.07, 6.45) is 7.50. The van der Waals surface area contributed by atoms with Crippen molar-refractivity contribution in [2.75, 3.05) is 11.9 Å². The van der Waals surface area contributed by atoms with E-state index in [1.807, 2.05) is 6.07 Å². The zero-order valence-electron chi connectivity index (χ0n) is 12.4. The molecule has 2 heterocycles. The number of rotatable bonds is 2. The van der Waals surface area contributed by atoms with Gasteiger partial charge in [-0.1, -0.05) is 31.0 Å². The first-order valence-electron chi connectivity index (χ1n) is 8.28. The van der Waals surface area contributed by atoms with Crippen LogP contribution in [0, 0.1) is 5.92 Å². The molecule has 1 aromatic rings. The van der Waals surface area contributed by atoms with Crippen LogP contribution in [0.25, 0.3) is 0 Å². The SMILES string of the molecule is O=C(C1CCOC2(CCCC2)C1)C1Cc2ccccc2N1. The minimum absolute atomic E-state index is 0.0241. The van der Waals surface area contributed by atoms with E-state index in [4.69, 9.17) is 4.74 Å². The molecule has 3 nitrogen and oxygen atoms in total. The summed E-state index contributed by atoms with van der Waals surface area (Å²) in [5, 5.41) is 3.42. The van der Waals surface area contributed by atoms with Crippen LogP contribution in [0.15, 0.2) is 24.3 Å². The molecule has 4 rings (SSSR count). The van der Waals surface area contributed by atoms with E-state index in [0.29, 0.717) is 5.78 Å². The van der Waals surface area contributed by atoms with Crippen LogP contribution in [0.5, 0.6) is 0 Å². The van der Waals surface area contributed by atoms with Crippen LogP contribution in [0.1, 0.15) is 44.1 Å². The second kappa shape index (κ2) is 5.13. The fraction of sp³-hybridized carbons (Fsp3) is 0.611. The van der Waals surface area contributed by atoms with E-state index >= 15 is 0 Å². The third-order valence-electron chi connectivity index (χ3n) is 5.52. The van der Waals surface area contributed by atoms with Crippen LogP contribution in [0.2, 0.25) is 0 Å². The highest BCUT2D eigenvalue weighted by molar-refractivity contribution is 5.91. The molecule has 0 amide bonds. The van der Waals surface area contributed by atoms with Gasteiger partial charge in [-0.15, -0.1) is 0 Å². The van der Waals surface area contributed by atoms with Gasteiger partial charge in [0.05, 0.1) is 11.6 Å². The van der Waals surface area contributed by atoms with Gasteiger partial charge < -0.3 is 10.1 Å². The number of nitrogens with one attached hydrogen (secondary N) is 1. The Morgan fingerprint density at radius 2 is 2.05 bits per heavy atom. The molecule has 2 aliphatic heterocycles. The molecule has 21 heavy (non-hydrogen) atoms. The van der Waals surface area contributed by atoms with E-state index in [1.165, 1.54) is 18.4 Å². The molecule has 2 fully saturated rings. The van der Waals surface area contributed by atoms with Crippen molar-refractivity contribution >= 4 is 11.5 Å². The Hall–Kier alpha value is -1.35. The van der Waals surface area contributed by atoms with Crippen LogP contribution in [-0.4, -0.2) is 24.0 Å². The van der Waals surface area contributed by atoms with Crippen molar-refractivity contribution in [1.29, 1.82) is 0 Å². The van der Waals surface area contributed by atoms with Gasteiger partial charge in [0.25, 0.3) is 0 Å². The van der Waals surface area contributed by atoms with Gasteiger partial charge in [-0.3, -0.25) is 4.79 Å². The van der Waals surface area contributed by atoms with Crippen molar-refractivity contribution in [2.24, 2.45) is 5.92 Å². The molecule has 3 heteroatoms. The highest BCUT2D eigenvalue weighted by Gasteiger charge is 2.43. The summed E-state index contributed by atoms with van der Waals surface area (Å²) in [4.78, 5) is 12.9. The monoisotopic (exact) mass is 285 g/mol. The smallest absolute Gasteiger partial charge is 0.158 e. The maximum absolute atomic E-state index is 12.9. The second-order valence-corrected chi connectivity index (χ2v) is 6.89. The van der Waals surface area contributed by atoms with Crippen molar-refractivity contribution < 1.29 is 9.53 Å². The maximum atomic E-state index is 12.9. The van der Waals surface area contributed by atoms with E-state index in [9.17, 15) is 4.79 Å². The Labute approximate surface area is 126 Å². The third-order valence-corrected chi connectivity index (χ3v) is 5.52. The molecule has 1 aliphatic carbocycles. The summed E-state index contributed by atoms with van der Waals surface area (Å²) in [6, 6.07) is 8.25. The van der Waals surface area contributed by atoms with Gasteiger partial charge >= 0.3 is 0 Å². The molecule has 1 saturated heterocycles. The molecule has 1 spiro atoms. The molecule has 112 valence electrons. The van der Waals surface area contributed by atoms with Crippen molar-refractivity contribution in [3.63, 3.8) is 0 Å². The lowest BCUT2D eigenvalue weighted by atomic mass is 9.80. The van der Waals surface area contributed by atoms with Gasteiger partial charge in [0, 0.05) is 24.6 Å². The predicted molar refractivity (Wildman–Crippen MR) is 82.4 cm³/mol. The first-order valence-corrected chi connectivity index (χ1v) is 8.28. The molecule has 1 saturated carbocycles. The Morgan fingerprint density at radius 3 is 2.86 bits per heavy atom. The lowest BCUT2D eigenvalue weighted by Gasteiger charge is -2.38. The molecule has 1 N–H and O–H groups in total. The minimum Gasteiger partial charge on any atom is -0.375 e. The fourth-order valence-electron chi connectivity index (χ4n) is 4.39. The Morgan fingerprint density at radius 1 is 1.24 bits per heavy atom. The second-order valence-electron chi connectivity index (χ2n) is 6.89. The van der Waals surface area contributed by atoms with E-state index in [2.05, 4.69) is 23.5 Å². The lowest BCUT2D eigenvalue weighted by Crippen LogP contribution is -2.43. The molecule has 0 radical (unpaired) electrons. The largest absolute Gasteiger partial charge is 0.375 e. The van der Waals surface area contributed by atoms with Crippen LogP contribution in [-0.2, 0) is 16.0 Å². The van der Waals surface area contributed by atoms with Crippen LogP contribution >= 0.6 is 0 Å². The number of hydrogen-bond donors (Lipinski definition) is 1. The van der Waals surface area contributed by atoms with Crippen LogP contribution in [0.3, 0.4) is 0 Å². The topological polar surface area (TPSA) is 38.3 Å². The van der Waals surface area contributed by atoms with E-state index in [1.54, 1.807) is 0 Å². The normalized spacial score (nSPS) is 30.1.